The first-order valence-corrected chi connectivity index (χ1v) is 3.10. The summed E-state index contributed by atoms with van der Waals surface area (Å²) in [7, 11) is 0. The van der Waals surface area contributed by atoms with Crippen LogP contribution in [0.3, 0.4) is 0 Å². The zero-order valence-electron chi connectivity index (χ0n) is 4.47. The van der Waals surface area contributed by atoms with Crippen molar-refractivity contribution in [3.05, 3.63) is 22.4 Å². The average Bonchev–Trinajstić information content (AvgIpc) is 1.83. The number of nitrogens with two attached hydrogens (primary N) is 1. The van der Waals surface area contributed by atoms with Crippen molar-refractivity contribution in [2.75, 3.05) is 0 Å². The molecule has 0 aromatic rings. The Hall–Kier alpha value is -0.180. The summed E-state index contributed by atoms with van der Waals surface area (Å²) in [5.41, 5.74) is 5.32. The molecule has 0 bridgehead atoms. The van der Waals surface area contributed by atoms with E-state index in [1.807, 2.05) is 0 Å². The van der Waals surface area contributed by atoms with E-state index in [0.717, 1.165) is 0 Å². The first-order chi connectivity index (χ1) is 4.22. The van der Waals surface area contributed by atoms with Crippen LogP contribution in [-0.2, 0) is 4.74 Å². The standard InChI is InChI=1S/C5H5Cl2NO/c6-3-1-2-9-5(8)4(3)7/h1-2,5H,8H2. The molecule has 1 atom stereocenters. The molecule has 4 heteroatoms. The van der Waals surface area contributed by atoms with Gasteiger partial charge in [-0.15, -0.1) is 0 Å². The molecule has 0 aromatic carbocycles. The fourth-order valence-corrected chi connectivity index (χ4v) is 0.732. The summed E-state index contributed by atoms with van der Waals surface area (Å²) in [6.45, 7) is 0. The summed E-state index contributed by atoms with van der Waals surface area (Å²) in [5, 5.41) is 0.787. The molecule has 0 fully saturated rings. The monoisotopic (exact) mass is 165 g/mol. The van der Waals surface area contributed by atoms with Crippen molar-refractivity contribution >= 4 is 23.2 Å². The van der Waals surface area contributed by atoms with Crippen molar-refractivity contribution < 1.29 is 4.74 Å². The molecule has 2 nitrogen and oxygen atoms in total. The predicted molar refractivity (Wildman–Crippen MR) is 36.9 cm³/mol. The van der Waals surface area contributed by atoms with Crippen LogP contribution in [0.25, 0.3) is 0 Å². The second-order valence-electron chi connectivity index (χ2n) is 1.56. The first kappa shape index (κ1) is 6.93. The minimum Gasteiger partial charge on any atom is -0.478 e. The van der Waals surface area contributed by atoms with Gasteiger partial charge in [0.15, 0.2) is 6.23 Å². The van der Waals surface area contributed by atoms with Gasteiger partial charge in [-0.1, -0.05) is 23.2 Å². The molecule has 0 radical (unpaired) electrons. The van der Waals surface area contributed by atoms with Crippen LogP contribution in [0.5, 0.6) is 0 Å². The zero-order chi connectivity index (χ0) is 6.85. The van der Waals surface area contributed by atoms with Gasteiger partial charge < -0.3 is 4.74 Å². The molecule has 0 amide bonds. The van der Waals surface area contributed by atoms with Crippen LogP contribution in [0.2, 0.25) is 0 Å². The maximum atomic E-state index is 5.56. The number of ether oxygens (including phenoxy) is 1. The normalized spacial score (nSPS) is 26.3. The lowest BCUT2D eigenvalue weighted by Crippen LogP contribution is -2.23. The van der Waals surface area contributed by atoms with E-state index in [1.165, 1.54) is 6.26 Å². The summed E-state index contributed by atoms with van der Waals surface area (Å²) < 4.78 is 4.78. The second kappa shape index (κ2) is 2.60. The number of rotatable bonds is 0. The molecule has 0 aromatic heterocycles. The Morgan fingerprint density at radius 3 is 2.67 bits per heavy atom. The van der Waals surface area contributed by atoms with E-state index in [0.29, 0.717) is 10.1 Å². The zero-order valence-corrected chi connectivity index (χ0v) is 5.99. The van der Waals surface area contributed by atoms with Gasteiger partial charge in [0, 0.05) is 0 Å². The number of allylic oxidation sites excluding steroid dienone is 2. The van der Waals surface area contributed by atoms with Crippen molar-refractivity contribution in [3.8, 4) is 0 Å². The smallest absolute Gasteiger partial charge is 0.185 e. The van der Waals surface area contributed by atoms with Crippen LogP contribution in [0.15, 0.2) is 22.4 Å². The summed E-state index contributed by atoms with van der Waals surface area (Å²) in [6, 6.07) is 0. The minimum absolute atomic E-state index is 0.346. The van der Waals surface area contributed by atoms with Gasteiger partial charge in [-0.3, -0.25) is 5.73 Å². The van der Waals surface area contributed by atoms with E-state index in [9.17, 15) is 0 Å². The molecular weight excluding hydrogens is 161 g/mol. The highest BCUT2D eigenvalue weighted by atomic mass is 35.5. The lowest BCUT2D eigenvalue weighted by atomic mass is 10.4. The van der Waals surface area contributed by atoms with Crippen molar-refractivity contribution in [2.24, 2.45) is 5.73 Å². The number of hydrogen-bond donors (Lipinski definition) is 1. The Kier molecular flexibility index (Phi) is 2.01. The van der Waals surface area contributed by atoms with Crippen LogP contribution < -0.4 is 5.73 Å². The molecule has 50 valence electrons. The Balaban J connectivity index is 2.83. The van der Waals surface area contributed by atoms with Crippen LogP contribution in [0.4, 0.5) is 0 Å². The molecule has 1 heterocycles. The SMILES string of the molecule is NC1OC=CC(Cl)=C1Cl. The molecule has 0 saturated carbocycles. The Morgan fingerprint density at radius 1 is 1.56 bits per heavy atom. The molecule has 1 unspecified atom stereocenters. The lowest BCUT2D eigenvalue weighted by molar-refractivity contribution is 0.185. The molecule has 2 N–H and O–H groups in total. The number of hydrogen-bond acceptors (Lipinski definition) is 2. The van der Waals surface area contributed by atoms with E-state index in [4.69, 9.17) is 33.7 Å². The van der Waals surface area contributed by atoms with Gasteiger partial charge in [0.05, 0.1) is 16.3 Å². The third-order valence-electron chi connectivity index (χ3n) is 0.917. The molecule has 0 saturated heterocycles. The third-order valence-corrected chi connectivity index (χ3v) is 1.76. The minimum atomic E-state index is -0.593. The molecule has 1 aliphatic heterocycles. The Morgan fingerprint density at radius 2 is 2.22 bits per heavy atom. The highest BCUT2D eigenvalue weighted by Gasteiger charge is 2.12. The van der Waals surface area contributed by atoms with E-state index >= 15 is 0 Å². The Bertz CT molecular complexity index is 176. The van der Waals surface area contributed by atoms with Gasteiger partial charge in [-0.05, 0) is 6.08 Å². The van der Waals surface area contributed by atoms with Crippen molar-refractivity contribution in [1.82, 2.24) is 0 Å². The molecule has 9 heavy (non-hydrogen) atoms. The third kappa shape index (κ3) is 1.39. The van der Waals surface area contributed by atoms with Crippen molar-refractivity contribution in [2.45, 2.75) is 6.23 Å². The molecule has 1 aliphatic rings. The molecule has 1 rings (SSSR count). The van der Waals surface area contributed by atoms with Gasteiger partial charge in [-0.2, -0.15) is 0 Å². The largest absolute Gasteiger partial charge is 0.478 e. The number of halogens is 2. The molecule has 0 spiro atoms. The van der Waals surface area contributed by atoms with Gasteiger partial charge in [-0.25, -0.2) is 0 Å². The first-order valence-electron chi connectivity index (χ1n) is 2.34. The van der Waals surface area contributed by atoms with E-state index in [1.54, 1.807) is 6.08 Å². The van der Waals surface area contributed by atoms with Gasteiger partial charge in [0.1, 0.15) is 0 Å². The van der Waals surface area contributed by atoms with E-state index < -0.39 is 6.23 Å². The van der Waals surface area contributed by atoms with E-state index in [-0.39, 0.29) is 0 Å². The summed E-state index contributed by atoms with van der Waals surface area (Å²) in [5.74, 6) is 0. The summed E-state index contributed by atoms with van der Waals surface area (Å²) in [4.78, 5) is 0. The van der Waals surface area contributed by atoms with Crippen LogP contribution >= 0.6 is 23.2 Å². The lowest BCUT2D eigenvalue weighted by Gasteiger charge is -2.14. The molecular formula is C5H5Cl2NO. The van der Waals surface area contributed by atoms with Gasteiger partial charge >= 0.3 is 0 Å². The summed E-state index contributed by atoms with van der Waals surface area (Å²) in [6.07, 6.45) is 2.37. The maximum absolute atomic E-state index is 5.56. The van der Waals surface area contributed by atoms with E-state index in [2.05, 4.69) is 0 Å². The van der Waals surface area contributed by atoms with Gasteiger partial charge in [0.2, 0.25) is 0 Å². The highest BCUT2D eigenvalue weighted by molar-refractivity contribution is 6.40. The maximum Gasteiger partial charge on any atom is 0.185 e. The fraction of sp³-hybridized carbons (Fsp3) is 0.200. The highest BCUT2D eigenvalue weighted by Crippen LogP contribution is 2.22. The topological polar surface area (TPSA) is 35.2 Å². The fourth-order valence-electron chi connectivity index (χ4n) is 0.459. The predicted octanol–water partition coefficient (Wildman–Crippen LogP) is 1.50. The summed E-state index contributed by atoms with van der Waals surface area (Å²) >= 11 is 11.1. The van der Waals surface area contributed by atoms with Crippen LogP contribution in [0.1, 0.15) is 0 Å². The molecule has 0 aliphatic carbocycles. The average molecular weight is 166 g/mol. The van der Waals surface area contributed by atoms with Crippen LogP contribution in [-0.4, -0.2) is 6.23 Å². The Labute approximate surface area is 62.9 Å². The van der Waals surface area contributed by atoms with Gasteiger partial charge in [0.25, 0.3) is 0 Å². The van der Waals surface area contributed by atoms with Crippen molar-refractivity contribution in [1.29, 1.82) is 0 Å². The van der Waals surface area contributed by atoms with Crippen LogP contribution in [0, 0.1) is 0 Å². The second-order valence-corrected chi connectivity index (χ2v) is 2.37. The quantitative estimate of drug-likeness (QED) is 0.591. The van der Waals surface area contributed by atoms with Crippen molar-refractivity contribution in [3.63, 3.8) is 0 Å².